The summed E-state index contributed by atoms with van der Waals surface area (Å²) in [6.45, 7) is 9.74. The third kappa shape index (κ3) is 4.21. The van der Waals surface area contributed by atoms with E-state index in [9.17, 15) is 0 Å². The van der Waals surface area contributed by atoms with Crippen LogP contribution in [0, 0.1) is 0 Å². The molecule has 7 aromatic carbocycles. The minimum Gasteiger partial charge on any atom is -0.309 e. The summed E-state index contributed by atoms with van der Waals surface area (Å²) in [5.74, 6) is 0. The molecule has 50 heavy (non-hydrogen) atoms. The van der Waals surface area contributed by atoms with Crippen LogP contribution in [0.1, 0.15) is 51.7 Å². The van der Waals surface area contributed by atoms with Gasteiger partial charge in [0.15, 0.2) is 0 Å². The van der Waals surface area contributed by atoms with Gasteiger partial charge in [-0.3, -0.25) is 0 Å². The van der Waals surface area contributed by atoms with Crippen molar-refractivity contribution >= 4 is 54.4 Å². The van der Waals surface area contributed by atoms with Gasteiger partial charge in [-0.05, 0) is 111 Å². The number of aromatic nitrogens is 2. The Labute approximate surface area is 293 Å². The van der Waals surface area contributed by atoms with Crippen LogP contribution in [0.4, 0.5) is 0 Å². The highest BCUT2D eigenvalue weighted by Crippen LogP contribution is 2.50. The standard InChI is InChI=1S/C48H40N2/c1-47(2)26-27-48(3,4)41-30-44-39(29-40(41)47)45-43(49(44)35-14-6-5-7-15-35)25-24-38-37-16-10-11-17-42(37)50(46(38)45)36-22-20-32(21-23-36)34-19-18-31-12-8-9-13-33(31)28-34/h5-25,28-30H,26-27H2,1-4H3. The first-order chi connectivity index (χ1) is 24.3. The smallest absolute Gasteiger partial charge is 0.0641 e. The fourth-order valence-electron chi connectivity index (χ4n) is 8.91. The Morgan fingerprint density at radius 3 is 1.84 bits per heavy atom. The summed E-state index contributed by atoms with van der Waals surface area (Å²) in [6.07, 6.45) is 2.38. The zero-order valence-electron chi connectivity index (χ0n) is 29.2. The fourth-order valence-corrected chi connectivity index (χ4v) is 8.91. The molecule has 0 unspecified atom stereocenters. The summed E-state index contributed by atoms with van der Waals surface area (Å²) in [5.41, 5.74) is 13.1. The Morgan fingerprint density at radius 1 is 0.420 bits per heavy atom. The van der Waals surface area contributed by atoms with Gasteiger partial charge in [-0.15, -0.1) is 0 Å². The zero-order chi connectivity index (χ0) is 33.8. The number of rotatable bonds is 3. The summed E-state index contributed by atoms with van der Waals surface area (Å²) in [4.78, 5) is 0. The minimum atomic E-state index is 0.111. The van der Waals surface area contributed by atoms with Crippen LogP contribution in [-0.4, -0.2) is 9.13 Å². The van der Waals surface area contributed by atoms with Crippen LogP contribution in [0.2, 0.25) is 0 Å². The molecule has 2 heteroatoms. The van der Waals surface area contributed by atoms with Gasteiger partial charge in [0.05, 0.1) is 22.1 Å². The lowest BCUT2D eigenvalue weighted by Crippen LogP contribution is -2.33. The van der Waals surface area contributed by atoms with Gasteiger partial charge in [0.2, 0.25) is 0 Å². The van der Waals surface area contributed by atoms with E-state index in [4.69, 9.17) is 0 Å². The van der Waals surface area contributed by atoms with Crippen molar-refractivity contribution in [2.75, 3.05) is 0 Å². The van der Waals surface area contributed by atoms with Crippen LogP contribution in [0.3, 0.4) is 0 Å². The molecule has 2 heterocycles. The van der Waals surface area contributed by atoms with Crippen LogP contribution in [0.15, 0.2) is 146 Å². The van der Waals surface area contributed by atoms with Gasteiger partial charge in [-0.1, -0.05) is 119 Å². The molecule has 0 saturated heterocycles. The molecule has 0 spiro atoms. The Morgan fingerprint density at radius 2 is 1.06 bits per heavy atom. The molecule has 0 bridgehead atoms. The highest BCUT2D eigenvalue weighted by Gasteiger charge is 2.38. The lowest BCUT2D eigenvalue weighted by Gasteiger charge is -2.42. The van der Waals surface area contributed by atoms with Gasteiger partial charge in [0.25, 0.3) is 0 Å². The second-order valence-electron chi connectivity index (χ2n) is 15.7. The molecule has 0 radical (unpaired) electrons. The summed E-state index contributed by atoms with van der Waals surface area (Å²) in [5, 5.41) is 7.75. The molecule has 0 N–H and O–H groups in total. The van der Waals surface area contributed by atoms with Crippen molar-refractivity contribution in [2.45, 2.75) is 51.4 Å². The molecular formula is C48H40N2. The molecular weight excluding hydrogens is 605 g/mol. The van der Waals surface area contributed by atoms with Crippen molar-refractivity contribution in [3.05, 3.63) is 157 Å². The van der Waals surface area contributed by atoms with Crippen molar-refractivity contribution in [1.29, 1.82) is 0 Å². The van der Waals surface area contributed by atoms with E-state index < -0.39 is 0 Å². The molecule has 0 atom stereocenters. The molecule has 9 aromatic rings. The van der Waals surface area contributed by atoms with Gasteiger partial charge in [-0.25, -0.2) is 0 Å². The third-order valence-corrected chi connectivity index (χ3v) is 11.8. The predicted octanol–water partition coefficient (Wildman–Crippen LogP) is 13.0. The second-order valence-corrected chi connectivity index (χ2v) is 15.7. The van der Waals surface area contributed by atoms with Gasteiger partial charge in [-0.2, -0.15) is 0 Å². The number of hydrogen-bond acceptors (Lipinski definition) is 0. The van der Waals surface area contributed by atoms with Gasteiger partial charge < -0.3 is 9.13 Å². The quantitative estimate of drug-likeness (QED) is 0.181. The highest BCUT2D eigenvalue weighted by atomic mass is 15.0. The van der Waals surface area contributed by atoms with Crippen molar-refractivity contribution < 1.29 is 0 Å². The topological polar surface area (TPSA) is 9.86 Å². The molecule has 0 saturated carbocycles. The maximum absolute atomic E-state index is 2.57. The normalized spacial score (nSPS) is 15.4. The Hall–Kier alpha value is -5.60. The first-order valence-electron chi connectivity index (χ1n) is 18.0. The van der Waals surface area contributed by atoms with Gasteiger partial charge in [0.1, 0.15) is 0 Å². The molecule has 10 rings (SSSR count). The molecule has 1 aliphatic carbocycles. The SMILES string of the molecule is CC1(C)CCC(C)(C)c2cc3c(cc21)c1c(ccc2c4ccccc4n(-c4ccc(-c5ccc6ccccc6c5)cc4)c21)n3-c1ccccc1. The average Bonchev–Trinajstić information content (AvgIpc) is 3.66. The summed E-state index contributed by atoms with van der Waals surface area (Å²) >= 11 is 0. The Kier molecular flexibility index (Phi) is 6.13. The zero-order valence-corrected chi connectivity index (χ0v) is 29.2. The van der Waals surface area contributed by atoms with Crippen molar-refractivity contribution in [3.63, 3.8) is 0 Å². The van der Waals surface area contributed by atoms with Gasteiger partial charge in [0, 0.05) is 32.9 Å². The number of nitrogens with zero attached hydrogens (tertiary/aromatic N) is 2. The lowest BCUT2D eigenvalue weighted by atomic mass is 9.63. The van der Waals surface area contributed by atoms with Crippen LogP contribution >= 0.6 is 0 Å². The largest absolute Gasteiger partial charge is 0.309 e. The molecule has 0 fully saturated rings. The Balaban J connectivity index is 1.30. The van der Waals surface area contributed by atoms with Crippen molar-refractivity contribution in [1.82, 2.24) is 9.13 Å². The first-order valence-corrected chi connectivity index (χ1v) is 18.0. The van der Waals surface area contributed by atoms with Crippen molar-refractivity contribution in [3.8, 4) is 22.5 Å². The molecule has 0 amide bonds. The maximum atomic E-state index is 2.57. The third-order valence-electron chi connectivity index (χ3n) is 11.8. The van der Waals surface area contributed by atoms with Crippen LogP contribution < -0.4 is 0 Å². The van der Waals surface area contributed by atoms with Crippen LogP contribution in [0.5, 0.6) is 0 Å². The summed E-state index contributed by atoms with van der Waals surface area (Å²) in [6, 6.07) is 54.2. The van der Waals surface area contributed by atoms with E-state index in [0.717, 1.165) is 0 Å². The average molecular weight is 645 g/mol. The molecule has 2 aromatic heterocycles. The van der Waals surface area contributed by atoms with E-state index in [2.05, 4.69) is 182 Å². The summed E-state index contributed by atoms with van der Waals surface area (Å²) in [7, 11) is 0. The van der Waals surface area contributed by atoms with Gasteiger partial charge >= 0.3 is 0 Å². The lowest BCUT2D eigenvalue weighted by molar-refractivity contribution is 0.332. The minimum absolute atomic E-state index is 0.111. The van der Waals surface area contributed by atoms with E-state index in [-0.39, 0.29) is 10.8 Å². The van der Waals surface area contributed by atoms with E-state index in [0.29, 0.717) is 0 Å². The molecule has 2 nitrogen and oxygen atoms in total. The summed E-state index contributed by atoms with van der Waals surface area (Å²) < 4.78 is 5.02. The highest BCUT2D eigenvalue weighted by molar-refractivity contribution is 6.26. The molecule has 242 valence electrons. The Bertz CT molecular complexity index is 2790. The molecule has 1 aliphatic rings. The van der Waals surface area contributed by atoms with Crippen LogP contribution in [0.25, 0.3) is 76.9 Å². The van der Waals surface area contributed by atoms with E-state index in [1.807, 2.05) is 0 Å². The monoisotopic (exact) mass is 644 g/mol. The number of para-hydroxylation sites is 2. The second kappa shape index (κ2) is 10.5. The fraction of sp³-hybridized carbons (Fsp3) is 0.167. The van der Waals surface area contributed by atoms with E-state index in [1.165, 1.54) is 101 Å². The van der Waals surface area contributed by atoms with E-state index in [1.54, 1.807) is 0 Å². The number of hydrogen-bond donors (Lipinski definition) is 0. The number of fused-ring (bicyclic) bond motifs is 9. The van der Waals surface area contributed by atoms with Crippen LogP contribution in [-0.2, 0) is 10.8 Å². The number of benzene rings is 7. The first kappa shape index (κ1) is 29.3. The molecule has 0 aliphatic heterocycles. The van der Waals surface area contributed by atoms with E-state index >= 15 is 0 Å². The predicted molar refractivity (Wildman–Crippen MR) is 213 cm³/mol. The maximum Gasteiger partial charge on any atom is 0.0641 e. The van der Waals surface area contributed by atoms with Crippen molar-refractivity contribution in [2.24, 2.45) is 0 Å².